The minimum absolute atomic E-state index is 0.0644. The predicted molar refractivity (Wildman–Crippen MR) is 55.4 cm³/mol. The van der Waals surface area contributed by atoms with E-state index in [0.717, 1.165) is 0 Å². The molecule has 0 bridgehead atoms. The highest BCUT2D eigenvalue weighted by molar-refractivity contribution is 9.10. The van der Waals surface area contributed by atoms with Gasteiger partial charge in [-0.15, -0.1) is 0 Å². The van der Waals surface area contributed by atoms with Crippen molar-refractivity contribution in [2.24, 2.45) is 0 Å². The van der Waals surface area contributed by atoms with E-state index in [4.69, 9.17) is 5.11 Å². The van der Waals surface area contributed by atoms with Crippen LogP contribution in [0.2, 0.25) is 0 Å². The number of hydrogen-bond donors (Lipinski definition) is 2. The highest BCUT2D eigenvalue weighted by atomic mass is 79.9. The summed E-state index contributed by atoms with van der Waals surface area (Å²) in [5.74, 6) is -1.38. The highest BCUT2D eigenvalue weighted by Crippen LogP contribution is 2.26. The van der Waals surface area contributed by atoms with Crippen molar-refractivity contribution in [3.8, 4) is 0 Å². The number of carboxylic acids is 1. The zero-order chi connectivity index (χ0) is 10.7. The van der Waals surface area contributed by atoms with E-state index < -0.39 is 5.97 Å². The summed E-state index contributed by atoms with van der Waals surface area (Å²) in [6.07, 6.45) is 0. The van der Waals surface area contributed by atoms with Crippen LogP contribution in [0.3, 0.4) is 0 Å². The Morgan fingerprint density at radius 3 is 2.57 bits per heavy atom. The Labute approximate surface area is 89.1 Å². The number of carboxylic acid groups (broad SMARTS) is 1. The van der Waals surface area contributed by atoms with Gasteiger partial charge < -0.3 is 10.4 Å². The van der Waals surface area contributed by atoms with E-state index in [0.29, 0.717) is 4.47 Å². The predicted octanol–water partition coefficient (Wildman–Crippen LogP) is 2.11. The monoisotopic (exact) mass is 257 g/mol. The van der Waals surface area contributed by atoms with E-state index in [9.17, 15) is 9.59 Å². The van der Waals surface area contributed by atoms with Crippen LogP contribution in [0.25, 0.3) is 0 Å². The highest BCUT2D eigenvalue weighted by Gasteiger charge is 2.13. The van der Waals surface area contributed by atoms with Gasteiger partial charge in [0, 0.05) is 11.4 Å². The van der Waals surface area contributed by atoms with Crippen molar-refractivity contribution < 1.29 is 14.7 Å². The summed E-state index contributed by atoms with van der Waals surface area (Å²) < 4.78 is 0.549. The molecule has 0 aliphatic rings. The molecule has 0 unspecified atom stereocenters. The van der Waals surface area contributed by atoms with Crippen LogP contribution >= 0.6 is 15.9 Å². The van der Waals surface area contributed by atoms with Gasteiger partial charge >= 0.3 is 5.97 Å². The summed E-state index contributed by atoms with van der Waals surface area (Å²) in [6, 6.07) is 4.69. The van der Waals surface area contributed by atoms with Gasteiger partial charge in [0.25, 0.3) is 0 Å². The summed E-state index contributed by atoms with van der Waals surface area (Å²) >= 11 is 3.17. The number of anilines is 1. The molecule has 0 spiro atoms. The fourth-order valence-electron chi connectivity index (χ4n) is 1.01. The largest absolute Gasteiger partial charge is 0.478 e. The van der Waals surface area contributed by atoms with E-state index in [1.165, 1.54) is 13.0 Å². The van der Waals surface area contributed by atoms with Crippen LogP contribution in [0.5, 0.6) is 0 Å². The number of nitrogens with one attached hydrogen (secondary N) is 1. The molecule has 1 aromatic rings. The van der Waals surface area contributed by atoms with Crippen LogP contribution in [0.15, 0.2) is 22.7 Å². The summed E-state index contributed by atoms with van der Waals surface area (Å²) in [4.78, 5) is 21.6. The average molecular weight is 258 g/mol. The SMILES string of the molecule is CC(=O)Nc1c(Br)cccc1C(=O)O. The maximum Gasteiger partial charge on any atom is 0.337 e. The van der Waals surface area contributed by atoms with E-state index in [1.54, 1.807) is 12.1 Å². The standard InChI is InChI=1S/C9H8BrNO3/c1-5(12)11-8-6(9(13)14)3-2-4-7(8)10/h2-4H,1H3,(H,11,12)(H,13,14). The summed E-state index contributed by atoms with van der Waals surface area (Å²) in [7, 11) is 0. The quantitative estimate of drug-likeness (QED) is 0.853. The van der Waals surface area contributed by atoms with Crippen LogP contribution in [-0.4, -0.2) is 17.0 Å². The zero-order valence-electron chi connectivity index (χ0n) is 7.37. The normalized spacial score (nSPS) is 9.57. The van der Waals surface area contributed by atoms with Crippen molar-refractivity contribution in [3.63, 3.8) is 0 Å². The van der Waals surface area contributed by atoms with Gasteiger partial charge in [0.15, 0.2) is 0 Å². The van der Waals surface area contributed by atoms with Gasteiger partial charge in [-0.3, -0.25) is 4.79 Å². The molecule has 0 radical (unpaired) electrons. The van der Waals surface area contributed by atoms with Crippen LogP contribution in [0.1, 0.15) is 17.3 Å². The van der Waals surface area contributed by atoms with Crippen molar-refractivity contribution in [1.29, 1.82) is 0 Å². The molecule has 2 N–H and O–H groups in total. The minimum Gasteiger partial charge on any atom is -0.478 e. The molecule has 0 atom stereocenters. The fraction of sp³-hybridized carbons (Fsp3) is 0.111. The number of amides is 1. The third kappa shape index (κ3) is 2.32. The first-order valence-electron chi connectivity index (χ1n) is 3.81. The Kier molecular flexibility index (Phi) is 3.24. The van der Waals surface area contributed by atoms with E-state index >= 15 is 0 Å². The smallest absolute Gasteiger partial charge is 0.337 e. The Morgan fingerprint density at radius 2 is 2.07 bits per heavy atom. The Morgan fingerprint density at radius 1 is 1.43 bits per heavy atom. The Balaban J connectivity index is 3.22. The van der Waals surface area contributed by atoms with Gasteiger partial charge in [-0.2, -0.15) is 0 Å². The number of halogens is 1. The van der Waals surface area contributed by atoms with Crippen molar-refractivity contribution >= 4 is 33.5 Å². The van der Waals surface area contributed by atoms with E-state index in [2.05, 4.69) is 21.2 Å². The van der Waals surface area contributed by atoms with E-state index in [-0.39, 0.29) is 17.2 Å². The number of aromatic carboxylic acids is 1. The molecule has 4 nitrogen and oxygen atoms in total. The number of benzene rings is 1. The molecule has 1 amide bonds. The van der Waals surface area contributed by atoms with Crippen molar-refractivity contribution in [2.45, 2.75) is 6.92 Å². The zero-order valence-corrected chi connectivity index (χ0v) is 8.96. The molecule has 0 saturated carbocycles. The molecule has 5 heteroatoms. The topological polar surface area (TPSA) is 66.4 Å². The number of carbonyl (C=O) groups excluding carboxylic acids is 1. The van der Waals surface area contributed by atoms with Crippen molar-refractivity contribution in [1.82, 2.24) is 0 Å². The fourth-order valence-corrected chi connectivity index (χ4v) is 1.47. The lowest BCUT2D eigenvalue weighted by Gasteiger charge is -2.08. The van der Waals surface area contributed by atoms with Gasteiger partial charge in [0.2, 0.25) is 5.91 Å². The molecule has 1 aromatic carbocycles. The number of hydrogen-bond acceptors (Lipinski definition) is 2. The second-order valence-electron chi connectivity index (χ2n) is 2.65. The van der Waals surface area contributed by atoms with Crippen molar-refractivity contribution in [2.75, 3.05) is 5.32 Å². The van der Waals surface area contributed by atoms with Gasteiger partial charge in [-0.1, -0.05) is 6.07 Å². The molecule has 0 fully saturated rings. The van der Waals surface area contributed by atoms with Crippen LogP contribution < -0.4 is 5.32 Å². The summed E-state index contributed by atoms with van der Waals surface area (Å²) in [5.41, 5.74) is 0.349. The third-order valence-corrected chi connectivity index (χ3v) is 2.21. The number of para-hydroxylation sites is 1. The molecule has 1 rings (SSSR count). The molecule has 0 aromatic heterocycles. The minimum atomic E-state index is -1.07. The summed E-state index contributed by atoms with van der Waals surface area (Å²) in [6.45, 7) is 1.32. The maximum absolute atomic E-state index is 10.8. The molecule has 0 aliphatic carbocycles. The molecule has 0 aliphatic heterocycles. The van der Waals surface area contributed by atoms with E-state index in [1.807, 2.05) is 0 Å². The second-order valence-corrected chi connectivity index (χ2v) is 3.50. The molecular formula is C9H8BrNO3. The average Bonchev–Trinajstić information content (AvgIpc) is 2.07. The summed E-state index contributed by atoms with van der Waals surface area (Å²) in [5, 5.41) is 11.3. The molecule has 0 saturated heterocycles. The van der Waals surface area contributed by atoms with Gasteiger partial charge in [0.05, 0.1) is 11.3 Å². The molecule has 0 heterocycles. The van der Waals surface area contributed by atoms with Gasteiger partial charge in [-0.05, 0) is 28.1 Å². The first-order valence-corrected chi connectivity index (χ1v) is 4.61. The Bertz CT molecular complexity index is 390. The lowest BCUT2D eigenvalue weighted by atomic mass is 10.2. The van der Waals surface area contributed by atoms with Crippen LogP contribution in [0, 0.1) is 0 Å². The molecule has 14 heavy (non-hydrogen) atoms. The number of carbonyl (C=O) groups is 2. The first kappa shape index (κ1) is 10.7. The molecule has 74 valence electrons. The number of rotatable bonds is 2. The lowest BCUT2D eigenvalue weighted by Crippen LogP contribution is -2.11. The second kappa shape index (κ2) is 4.23. The lowest BCUT2D eigenvalue weighted by molar-refractivity contribution is -0.114. The first-order chi connectivity index (χ1) is 6.52. The Hall–Kier alpha value is -1.36. The maximum atomic E-state index is 10.8. The van der Waals surface area contributed by atoms with Crippen LogP contribution in [0.4, 0.5) is 5.69 Å². The van der Waals surface area contributed by atoms with Gasteiger partial charge in [-0.25, -0.2) is 4.79 Å². The van der Waals surface area contributed by atoms with Gasteiger partial charge in [0.1, 0.15) is 0 Å². The third-order valence-electron chi connectivity index (χ3n) is 1.55. The van der Waals surface area contributed by atoms with Crippen LogP contribution in [-0.2, 0) is 4.79 Å². The van der Waals surface area contributed by atoms with Crippen molar-refractivity contribution in [3.05, 3.63) is 28.2 Å². The molecular weight excluding hydrogens is 250 g/mol.